The molecule has 3 rings (SSSR count). The molecule has 0 aliphatic carbocycles. The van der Waals surface area contributed by atoms with Crippen LogP contribution in [0.5, 0.6) is 0 Å². The SMILES string of the molecule is CC(C)(C)c1cc(NC(=O)Nc2ccccc2Br)n(-c2ccccc2)n1. The van der Waals surface area contributed by atoms with Gasteiger partial charge in [-0.2, -0.15) is 5.10 Å². The van der Waals surface area contributed by atoms with Gasteiger partial charge in [0.1, 0.15) is 5.82 Å². The minimum absolute atomic E-state index is 0.130. The number of carbonyl (C=O) groups excluding carboxylic acids is 1. The molecule has 0 radical (unpaired) electrons. The van der Waals surface area contributed by atoms with Crippen molar-refractivity contribution in [3.05, 3.63) is 70.8 Å². The van der Waals surface area contributed by atoms with Gasteiger partial charge in [0.2, 0.25) is 0 Å². The van der Waals surface area contributed by atoms with Gasteiger partial charge in [-0.3, -0.25) is 5.32 Å². The van der Waals surface area contributed by atoms with Crippen molar-refractivity contribution in [2.75, 3.05) is 10.6 Å². The number of amides is 2. The minimum atomic E-state index is -0.325. The fourth-order valence-corrected chi connectivity index (χ4v) is 2.82. The molecule has 134 valence electrons. The van der Waals surface area contributed by atoms with Crippen LogP contribution >= 0.6 is 15.9 Å². The third kappa shape index (κ3) is 4.14. The van der Waals surface area contributed by atoms with Gasteiger partial charge in [0.15, 0.2) is 0 Å². The molecule has 5 nitrogen and oxygen atoms in total. The molecule has 0 bridgehead atoms. The zero-order valence-corrected chi connectivity index (χ0v) is 16.5. The molecule has 0 atom stereocenters. The second-order valence-electron chi connectivity index (χ2n) is 6.97. The van der Waals surface area contributed by atoms with Crippen molar-refractivity contribution < 1.29 is 4.79 Å². The van der Waals surface area contributed by atoms with E-state index in [0.29, 0.717) is 11.5 Å². The van der Waals surface area contributed by atoms with Crippen LogP contribution in [0.1, 0.15) is 26.5 Å². The van der Waals surface area contributed by atoms with Crippen molar-refractivity contribution in [2.24, 2.45) is 0 Å². The standard InChI is InChI=1S/C20H21BrN4O/c1-20(2,3)17-13-18(25(24-17)14-9-5-4-6-10-14)23-19(26)22-16-12-8-7-11-15(16)21/h4-13H,1-3H3,(H2,22,23,26). The van der Waals surface area contributed by atoms with Crippen LogP contribution in [0.3, 0.4) is 0 Å². The largest absolute Gasteiger partial charge is 0.324 e. The quantitative estimate of drug-likeness (QED) is 0.589. The lowest BCUT2D eigenvalue weighted by Crippen LogP contribution is -2.21. The van der Waals surface area contributed by atoms with E-state index in [1.54, 1.807) is 4.68 Å². The molecule has 26 heavy (non-hydrogen) atoms. The Morgan fingerprint density at radius 1 is 1.00 bits per heavy atom. The summed E-state index contributed by atoms with van der Waals surface area (Å²) in [5, 5.41) is 10.4. The number of rotatable bonds is 3. The van der Waals surface area contributed by atoms with Crippen LogP contribution in [0.2, 0.25) is 0 Å². The van der Waals surface area contributed by atoms with Gasteiger partial charge in [0.05, 0.1) is 17.1 Å². The molecule has 3 aromatic rings. The fraction of sp³-hybridized carbons (Fsp3) is 0.200. The lowest BCUT2D eigenvalue weighted by atomic mass is 9.92. The molecule has 0 saturated heterocycles. The third-order valence-corrected chi connectivity index (χ3v) is 4.53. The molecule has 1 aromatic heterocycles. The Hall–Kier alpha value is -2.60. The summed E-state index contributed by atoms with van der Waals surface area (Å²) in [7, 11) is 0. The highest BCUT2D eigenvalue weighted by Crippen LogP contribution is 2.27. The number of nitrogens with one attached hydrogen (secondary N) is 2. The fourth-order valence-electron chi connectivity index (χ4n) is 2.44. The van der Waals surface area contributed by atoms with E-state index in [1.807, 2.05) is 60.7 Å². The molecule has 0 aliphatic rings. The van der Waals surface area contributed by atoms with Crippen LogP contribution in [-0.4, -0.2) is 15.8 Å². The summed E-state index contributed by atoms with van der Waals surface area (Å²) in [6, 6.07) is 18.8. The zero-order chi connectivity index (χ0) is 18.7. The van der Waals surface area contributed by atoms with Gasteiger partial charge in [-0.05, 0) is 40.2 Å². The van der Waals surface area contributed by atoms with Crippen LogP contribution in [0, 0.1) is 0 Å². The third-order valence-electron chi connectivity index (χ3n) is 3.84. The van der Waals surface area contributed by atoms with Crippen molar-refractivity contribution in [2.45, 2.75) is 26.2 Å². The zero-order valence-electron chi connectivity index (χ0n) is 15.0. The number of halogens is 1. The average Bonchev–Trinajstić information content (AvgIpc) is 3.02. The number of hydrogen-bond donors (Lipinski definition) is 2. The Kier molecular flexibility index (Phi) is 5.13. The smallest absolute Gasteiger partial charge is 0.307 e. The maximum atomic E-state index is 12.5. The molecule has 0 aliphatic heterocycles. The first-order valence-electron chi connectivity index (χ1n) is 8.33. The Balaban J connectivity index is 1.90. The molecule has 6 heteroatoms. The lowest BCUT2D eigenvalue weighted by Gasteiger charge is -2.14. The van der Waals surface area contributed by atoms with E-state index in [9.17, 15) is 4.79 Å². The maximum Gasteiger partial charge on any atom is 0.324 e. The lowest BCUT2D eigenvalue weighted by molar-refractivity contribution is 0.262. The van der Waals surface area contributed by atoms with Crippen molar-refractivity contribution in [3.8, 4) is 5.69 Å². The van der Waals surface area contributed by atoms with Gasteiger partial charge >= 0.3 is 6.03 Å². The van der Waals surface area contributed by atoms with E-state index >= 15 is 0 Å². The van der Waals surface area contributed by atoms with Gasteiger partial charge in [-0.25, -0.2) is 9.48 Å². The Labute approximate surface area is 161 Å². The van der Waals surface area contributed by atoms with Gasteiger partial charge in [0.25, 0.3) is 0 Å². The van der Waals surface area contributed by atoms with Gasteiger partial charge < -0.3 is 5.32 Å². The molecule has 2 aromatic carbocycles. The molecule has 0 spiro atoms. The summed E-state index contributed by atoms with van der Waals surface area (Å²) >= 11 is 3.43. The van der Waals surface area contributed by atoms with Gasteiger partial charge in [0, 0.05) is 16.0 Å². The van der Waals surface area contributed by atoms with E-state index in [2.05, 4.69) is 47.3 Å². The molecule has 0 fully saturated rings. The number of anilines is 2. The molecule has 2 N–H and O–H groups in total. The van der Waals surface area contributed by atoms with Crippen molar-refractivity contribution in [3.63, 3.8) is 0 Å². The number of carbonyl (C=O) groups is 1. The number of urea groups is 1. The van der Waals surface area contributed by atoms with Crippen molar-refractivity contribution >= 4 is 33.5 Å². The molecule has 2 amide bonds. The van der Waals surface area contributed by atoms with E-state index < -0.39 is 0 Å². The second-order valence-corrected chi connectivity index (χ2v) is 7.83. The summed E-state index contributed by atoms with van der Waals surface area (Å²) in [6.07, 6.45) is 0. The van der Waals surface area contributed by atoms with E-state index in [0.717, 1.165) is 15.9 Å². The second kappa shape index (κ2) is 7.33. The summed E-state index contributed by atoms with van der Waals surface area (Å²) < 4.78 is 2.57. The number of hydrogen-bond acceptors (Lipinski definition) is 2. The number of para-hydroxylation sites is 2. The van der Waals surface area contributed by atoms with Crippen LogP contribution in [0.25, 0.3) is 5.69 Å². The summed E-state index contributed by atoms with van der Waals surface area (Å²) in [6.45, 7) is 6.28. The monoisotopic (exact) mass is 412 g/mol. The number of aromatic nitrogens is 2. The first-order valence-corrected chi connectivity index (χ1v) is 9.12. The predicted octanol–water partition coefficient (Wildman–Crippen LogP) is 5.58. The molecular formula is C20H21BrN4O. The average molecular weight is 413 g/mol. The summed E-state index contributed by atoms with van der Waals surface area (Å²) in [5.74, 6) is 0.616. The first kappa shape index (κ1) is 18.2. The molecule has 0 unspecified atom stereocenters. The highest BCUT2D eigenvalue weighted by Gasteiger charge is 2.21. The van der Waals surface area contributed by atoms with E-state index in [-0.39, 0.29) is 11.4 Å². The van der Waals surface area contributed by atoms with Gasteiger partial charge in [-0.1, -0.05) is 51.1 Å². The number of nitrogens with zero attached hydrogens (tertiary/aromatic N) is 2. The van der Waals surface area contributed by atoms with Crippen molar-refractivity contribution in [1.82, 2.24) is 9.78 Å². The first-order chi connectivity index (χ1) is 12.3. The van der Waals surface area contributed by atoms with E-state index in [1.165, 1.54) is 0 Å². The predicted molar refractivity (Wildman–Crippen MR) is 109 cm³/mol. The highest BCUT2D eigenvalue weighted by molar-refractivity contribution is 9.10. The van der Waals surface area contributed by atoms with Crippen LogP contribution in [0.15, 0.2) is 65.1 Å². The highest BCUT2D eigenvalue weighted by atomic mass is 79.9. The Bertz CT molecular complexity index is 913. The summed E-state index contributed by atoms with van der Waals surface area (Å²) in [4.78, 5) is 12.5. The normalized spacial score (nSPS) is 11.2. The Morgan fingerprint density at radius 3 is 2.31 bits per heavy atom. The van der Waals surface area contributed by atoms with E-state index in [4.69, 9.17) is 5.10 Å². The molecular weight excluding hydrogens is 392 g/mol. The van der Waals surface area contributed by atoms with Crippen LogP contribution in [-0.2, 0) is 5.41 Å². The molecule has 0 saturated carbocycles. The van der Waals surface area contributed by atoms with Crippen molar-refractivity contribution in [1.29, 1.82) is 0 Å². The Morgan fingerprint density at radius 2 is 1.65 bits per heavy atom. The minimum Gasteiger partial charge on any atom is -0.307 e. The topological polar surface area (TPSA) is 59.0 Å². The molecule has 1 heterocycles. The van der Waals surface area contributed by atoms with Crippen LogP contribution < -0.4 is 10.6 Å². The maximum absolute atomic E-state index is 12.5. The number of benzene rings is 2. The summed E-state index contributed by atoms with van der Waals surface area (Å²) in [5.41, 5.74) is 2.36. The van der Waals surface area contributed by atoms with Gasteiger partial charge in [-0.15, -0.1) is 0 Å². The van der Waals surface area contributed by atoms with Crippen LogP contribution in [0.4, 0.5) is 16.3 Å².